The second kappa shape index (κ2) is 2.90. The summed E-state index contributed by atoms with van der Waals surface area (Å²) >= 11 is 0. The van der Waals surface area contributed by atoms with Gasteiger partial charge < -0.3 is 15.7 Å². The lowest BCUT2D eigenvalue weighted by Crippen LogP contribution is -2.54. The number of piperidine rings is 1. The molecule has 5 heteroatoms. The molecule has 0 radical (unpaired) electrons. The second-order valence-corrected chi connectivity index (χ2v) is 3.54. The molecule has 1 heterocycles. The van der Waals surface area contributed by atoms with Crippen LogP contribution >= 0.6 is 0 Å². The molecule has 2 atom stereocenters. The van der Waals surface area contributed by atoms with E-state index in [0.717, 1.165) is 4.90 Å². The molecular weight excluding hydrogens is 163 g/mol. The lowest BCUT2D eigenvalue weighted by atomic mass is 9.94. The number of halogens is 1. The summed E-state index contributed by atoms with van der Waals surface area (Å²) in [4.78, 5) is 11.5. The van der Waals surface area contributed by atoms with Crippen molar-refractivity contribution in [1.82, 2.24) is 4.90 Å². The second-order valence-electron chi connectivity index (χ2n) is 3.54. The minimum absolute atomic E-state index is 0.0734. The fourth-order valence-corrected chi connectivity index (χ4v) is 1.57. The van der Waals surface area contributed by atoms with E-state index in [0.29, 0.717) is 0 Å². The molecule has 3 N–H and O–H groups in total. The molecule has 1 aliphatic rings. The van der Waals surface area contributed by atoms with Crippen LogP contribution in [0.3, 0.4) is 0 Å². The van der Waals surface area contributed by atoms with E-state index in [-0.39, 0.29) is 25.6 Å². The molecule has 1 saturated heterocycles. The first-order valence-electron chi connectivity index (χ1n) is 3.83. The quantitative estimate of drug-likeness (QED) is 0.562. The molecule has 1 fully saturated rings. The van der Waals surface area contributed by atoms with E-state index in [4.69, 9.17) is 10.8 Å². The highest BCUT2D eigenvalue weighted by Crippen LogP contribution is 2.23. The van der Waals surface area contributed by atoms with Crippen molar-refractivity contribution in [2.75, 3.05) is 13.1 Å². The molecule has 0 aromatic carbocycles. The molecule has 70 valence electrons. The van der Waals surface area contributed by atoms with E-state index in [1.54, 1.807) is 0 Å². The number of rotatable bonds is 0. The van der Waals surface area contributed by atoms with Gasteiger partial charge in [0.25, 0.3) is 0 Å². The van der Waals surface area contributed by atoms with Crippen LogP contribution < -0.4 is 5.73 Å². The monoisotopic (exact) mass is 176 g/mol. The van der Waals surface area contributed by atoms with Gasteiger partial charge in [-0.25, -0.2) is 9.18 Å². The Bertz CT molecular complexity index is 196. The fourth-order valence-electron chi connectivity index (χ4n) is 1.57. The number of amides is 1. The highest BCUT2D eigenvalue weighted by Gasteiger charge is 2.36. The van der Waals surface area contributed by atoms with Gasteiger partial charge in [-0.3, -0.25) is 0 Å². The number of likely N-dealkylation sites (tertiary alicyclic amines) is 1. The van der Waals surface area contributed by atoms with Crippen LogP contribution in [0.4, 0.5) is 9.18 Å². The Hall–Kier alpha value is -0.840. The Morgan fingerprint density at radius 3 is 2.83 bits per heavy atom. The van der Waals surface area contributed by atoms with Crippen LogP contribution in [-0.4, -0.2) is 40.9 Å². The molecule has 1 rings (SSSR count). The van der Waals surface area contributed by atoms with E-state index in [1.807, 2.05) is 0 Å². The Labute approximate surface area is 70.1 Å². The lowest BCUT2D eigenvalue weighted by molar-refractivity contribution is 0.0484. The molecule has 0 unspecified atom stereocenters. The minimum atomic E-state index is -1.48. The third kappa shape index (κ3) is 2.07. The molecule has 0 aromatic rings. The highest BCUT2D eigenvalue weighted by atomic mass is 19.1. The average Bonchev–Trinajstić information content (AvgIpc) is 1.82. The number of alkyl halides is 1. The number of nitrogens with two attached hydrogens (primary N) is 1. The normalized spacial score (nSPS) is 36.6. The zero-order chi connectivity index (χ0) is 9.35. The van der Waals surface area contributed by atoms with Crippen molar-refractivity contribution in [3.63, 3.8) is 0 Å². The van der Waals surface area contributed by atoms with Crippen molar-refractivity contribution >= 4 is 6.09 Å². The largest absolute Gasteiger partial charge is 0.465 e. The fraction of sp³-hybridized carbons (Fsp3) is 0.857. The van der Waals surface area contributed by atoms with Crippen molar-refractivity contribution in [1.29, 1.82) is 0 Å². The van der Waals surface area contributed by atoms with Gasteiger partial charge in [-0.1, -0.05) is 0 Å². The summed E-state index contributed by atoms with van der Waals surface area (Å²) < 4.78 is 13.3. The van der Waals surface area contributed by atoms with Crippen LogP contribution in [0.1, 0.15) is 13.3 Å². The maximum Gasteiger partial charge on any atom is 0.407 e. The third-order valence-electron chi connectivity index (χ3n) is 1.93. The Morgan fingerprint density at radius 2 is 2.42 bits per heavy atom. The number of hydrogen-bond donors (Lipinski definition) is 2. The maximum atomic E-state index is 13.3. The summed E-state index contributed by atoms with van der Waals surface area (Å²) in [5.74, 6) is 0. The summed E-state index contributed by atoms with van der Waals surface area (Å²) in [5, 5.41) is 8.59. The molecule has 0 saturated carbocycles. The first kappa shape index (κ1) is 9.25. The van der Waals surface area contributed by atoms with E-state index < -0.39 is 11.8 Å². The van der Waals surface area contributed by atoms with E-state index in [1.165, 1.54) is 6.92 Å². The molecule has 4 nitrogen and oxygen atoms in total. The number of hydrogen-bond acceptors (Lipinski definition) is 2. The van der Waals surface area contributed by atoms with Crippen LogP contribution in [-0.2, 0) is 0 Å². The van der Waals surface area contributed by atoms with Crippen molar-refractivity contribution in [3.05, 3.63) is 0 Å². The summed E-state index contributed by atoms with van der Waals surface area (Å²) in [6.07, 6.45) is -0.870. The van der Waals surface area contributed by atoms with E-state index in [9.17, 15) is 9.18 Å². The summed E-state index contributed by atoms with van der Waals surface area (Å²) in [6, 6.07) is -0.384. The van der Waals surface area contributed by atoms with Crippen molar-refractivity contribution in [3.8, 4) is 0 Å². The third-order valence-corrected chi connectivity index (χ3v) is 1.93. The predicted octanol–water partition coefficient (Wildman–Crippen LogP) is 0.426. The van der Waals surface area contributed by atoms with Gasteiger partial charge in [0.1, 0.15) is 5.67 Å². The predicted molar refractivity (Wildman–Crippen MR) is 41.7 cm³/mol. The lowest BCUT2D eigenvalue weighted by Gasteiger charge is -2.36. The number of carboxylic acid groups (broad SMARTS) is 1. The molecule has 0 aliphatic carbocycles. The summed E-state index contributed by atoms with van der Waals surface area (Å²) in [7, 11) is 0. The molecule has 0 spiro atoms. The van der Waals surface area contributed by atoms with Crippen LogP contribution in [0.2, 0.25) is 0 Å². The molecule has 0 aromatic heterocycles. The van der Waals surface area contributed by atoms with Gasteiger partial charge in [0.2, 0.25) is 0 Å². The van der Waals surface area contributed by atoms with Gasteiger partial charge >= 0.3 is 6.09 Å². The molecule has 1 aliphatic heterocycles. The van der Waals surface area contributed by atoms with Crippen LogP contribution in [0, 0.1) is 0 Å². The van der Waals surface area contributed by atoms with Crippen LogP contribution in [0.25, 0.3) is 0 Å². The molecule has 1 amide bonds. The van der Waals surface area contributed by atoms with Gasteiger partial charge in [-0.15, -0.1) is 0 Å². The van der Waals surface area contributed by atoms with Gasteiger partial charge in [0.15, 0.2) is 0 Å². The Kier molecular flexibility index (Phi) is 2.23. The van der Waals surface area contributed by atoms with Gasteiger partial charge in [0.05, 0.1) is 6.54 Å². The van der Waals surface area contributed by atoms with Crippen molar-refractivity contribution in [2.45, 2.75) is 25.1 Å². The highest BCUT2D eigenvalue weighted by molar-refractivity contribution is 5.65. The zero-order valence-electron chi connectivity index (χ0n) is 6.96. The van der Waals surface area contributed by atoms with Crippen molar-refractivity contribution in [2.24, 2.45) is 5.73 Å². The molecular formula is C7H13FN2O2. The van der Waals surface area contributed by atoms with Gasteiger partial charge in [-0.2, -0.15) is 0 Å². The van der Waals surface area contributed by atoms with Gasteiger partial charge in [-0.05, 0) is 13.3 Å². The standard InChI is InChI=1S/C7H13FN2O2/c1-7(8)2-5(9)3-10(4-7)6(11)12/h5H,2-4,9H2,1H3,(H,11,12)/t5-,7-/m0/s1. The Balaban J connectivity index is 2.64. The SMILES string of the molecule is C[C@]1(F)C[C@H](N)CN(C(=O)O)C1. The van der Waals surface area contributed by atoms with Crippen LogP contribution in [0.5, 0.6) is 0 Å². The first-order valence-corrected chi connectivity index (χ1v) is 3.83. The first-order chi connectivity index (χ1) is 5.41. The minimum Gasteiger partial charge on any atom is -0.465 e. The number of nitrogens with zero attached hydrogens (tertiary/aromatic N) is 1. The maximum absolute atomic E-state index is 13.3. The smallest absolute Gasteiger partial charge is 0.407 e. The van der Waals surface area contributed by atoms with Crippen molar-refractivity contribution < 1.29 is 14.3 Å². The van der Waals surface area contributed by atoms with Gasteiger partial charge in [0, 0.05) is 12.6 Å². The average molecular weight is 176 g/mol. The topological polar surface area (TPSA) is 66.6 Å². The van der Waals surface area contributed by atoms with Crippen LogP contribution in [0.15, 0.2) is 0 Å². The zero-order valence-corrected chi connectivity index (χ0v) is 6.96. The van der Waals surface area contributed by atoms with E-state index in [2.05, 4.69) is 0 Å². The van der Waals surface area contributed by atoms with E-state index >= 15 is 0 Å². The number of carbonyl (C=O) groups is 1. The molecule has 0 bridgehead atoms. The Morgan fingerprint density at radius 1 is 1.83 bits per heavy atom. The summed E-state index contributed by atoms with van der Waals surface area (Å²) in [5.41, 5.74) is 4.02. The summed E-state index contributed by atoms with van der Waals surface area (Å²) in [6.45, 7) is 1.53. The molecule has 12 heavy (non-hydrogen) atoms.